The van der Waals surface area contributed by atoms with Crippen LogP contribution in [-0.4, -0.2) is 32.3 Å². The first-order valence-corrected chi connectivity index (χ1v) is 9.77. The van der Waals surface area contributed by atoms with Crippen molar-refractivity contribution in [2.75, 3.05) is 11.1 Å². The molecule has 3 N–H and O–H groups in total. The summed E-state index contributed by atoms with van der Waals surface area (Å²) < 4.78 is 1.78. The number of carbonyl (C=O) groups excluding carboxylic acids is 2. The molecule has 2 aromatic carbocycles. The zero-order valence-corrected chi connectivity index (χ0v) is 16.3. The van der Waals surface area contributed by atoms with E-state index in [4.69, 9.17) is 5.73 Å². The number of nitrogens with zero attached hydrogens (tertiary/aromatic N) is 3. The fourth-order valence-electron chi connectivity index (χ4n) is 2.70. The zero-order valence-electron chi connectivity index (χ0n) is 15.5. The highest BCUT2D eigenvalue weighted by molar-refractivity contribution is 7.99. The van der Waals surface area contributed by atoms with Crippen LogP contribution in [0.5, 0.6) is 0 Å². The number of anilines is 1. The number of carbonyl (C=O) groups is 2. The molecule has 28 heavy (non-hydrogen) atoms. The van der Waals surface area contributed by atoms with Gasteiger partial charge in [0.2, 0.25) is 11.8 Å². The molecule has 0 saturated heterocycles. The number of nitrogens with two attached hydrogens (primary N) is 1. The lowest BCUT2D eigenvalue weighted by molar-refractivity contribution is -0.118. The molecule has 2 amide bonds. The summed E-state index contributed by atoms with van der Waals surface area (Å²) in [4.78, 5) is 23.4. The SMILES string of the molecule is Cn1c(CCC(N)=O)nnc1SCC(=O)Nc1ccccc1-c1ccccc1. The molecule has 0 radical (unpaired) electrons. The van der Waals surface area contributed by atoms with E-state index in [1.54, 1.807) is 11.6 Å². The lowest BCUT2D eigenvalue weighted by Crippen LogP contribution is -2.15. The maximum Gasteiger partial charge on any atom is 0.234 e. The highest BCUT2D eigenvalue weighted by atomic mass is 32.2. The van der Waals surface area contributed by atoms with Crippen LogP contribution < -0.4 is 11.1 Å². The van der Waals surface area contributed by atoms with Crippen LogP contribution in [-0.2, 0) is 23.1 Å². The largest absolute Gasteiger partial charge is 0.370 e. The number of hydrogen-bond donors (Lipinski definition) is 2. The minimum absolute atomic E-state index is 0.130. The number of thioether (sulfide) groups is 1. The highest BCUT2D eigenvalue weighted by Gasteiger charge is 2.13. The summed E-state index contributed by atoms with van der Waals surface area (Å²) in [6, 6.07) is 17.6. The van der Waals surface area contributed by atoms with Gasteiger partial charge in [-0.1, -0.05) is 60.3 Å². The lowest BCUT2D eigenvalue weighted by Gasteiger charge is -2.11. The van der Waals surface area contributed by atoms with Crippen molar-refractivity contribution in [3.8, 4) is 11.1 Å². The molecule has 8 heteroatoms. The van der Waals surface area contributed by atoms with Crippen LogP contribution in [0.25, 0.3) is 11.1 Å². The molecule has 1 heterocycles. The number of nitrogens with one attached hydrogen (secondary N) is 1. The molecule has 3 rings (SSSR count). The Morgan fingerprint density at radius 3 is 2.54 bits per heavy atom. The molecule has 3 aromatic rings. The first-order valence-electron chi connectivity index (χ1n) is 8.78. The van der Waals surface area contributed by atoms with Crippen molar-refractivity contribution < 1.29 is 9.59 Å². The van der Waals surface area contributed by atoms with Gasteiger partial charge in [0.15, 0.2) is 5.16 Å². The molecule has 0 aliphatic carbocycles. The van der Waals surface area contributed by atoms with Gasteiger partial charge in [0, 0.05) is 31.1 Å². The van der Waals surface area contributed by atoms with Crippen molar-refractivity contribution in [1.29, 1.82) is 0 Å². The molecule has 0 spiro atoms. The number of rotatable bonds is 8. The molecule has 0 aliphatic rings. The topological polar surface area (TPSA) is 103 Å². The maximum atomic E-state index is 12.5. The summed E-state index contributed by atoms with van der Waals surface area (Å²) >= 11 is 1.29. The Hall–Kier alpha value is -3.13. The number of para-hydroxylation sites is 1. The Morgan fingerprint density at radius 1 is 1.07 bits per heavy atom. The summed E-state index contributed by atoms with van der Waals surface area (Å²) in [6.45, 7) is 0. The molecule has 0 saturated carbocycles. The van der Waals surface area contributed by atoms with Gasteiger partial charge in [-0.3, -0.25) is 9.59 Å². The third-order valence-electron chi connectivity index (χ3n) is 4.14. The Labute approximate surface area is 167 Å². The van der Waals surface area contributed by atoms with Gasteiger partial charge in [-0.2, -0.15) is 0 Å². The lowest BCUT2D eigenvalue weighted by atomic mass is 10.0. The monoisotopic (exact) mass is 395 g/mol. The molecule has 0 aliphatic heterocycles. The normalized spacial score (nSPS) is 10.6. The summed E-state index contributed by atoms with van der Waals surface area (Å²) in [7, 11) is 1.81. The summed E-state index contributed by atoms with van der Waals surface area (Å²) in [5.74, 6) is 0.352. The minimum Gasteiger partial charge on any atom is -0.370 e. The number of benzene rings is 2. The second-order valence-electron chi connectivity index (χ2n) is 6.17. The quantitative estimate of drug-likeness (QED) is 0.571. The van der Waals surface area contributed by atoms with Gasteiger partial charge in [0.25, 0.3) is 0 Å². The van der Waals surface area contributed by atoms with Crippen LogP contribution in [0.15, 0.2) is 59.8 Å². The van der Waals surface area contributed by atoms with Crippen molar-refractivity contribution in [3.63, 3.8) is 0 Å². The Balaban J connectivity index is 1.62. The van der Waals surface area contributed by atoms with Crippen LogP contribution in [0, 0.1) is 0 Å². The summed E-state index contributed by atoms with van der Waals surface area (Å²) in [5, 5.41) is 11.7. The number of amides is 2. The first kappa shape index (κ1) is 19.6. The smallest absolute Gasteiger partial charge is 0.234 e. The van der Waals surface area contributed by atoms with E-state index in [0.717, 1.165) is 16.8 Å². The average Bonchev–Trinajstić information content (AvgIpc) is 3.05. The second kappa shape index (κ2) is 9.18. The second-order valence-corrected chi connectivity index (χ2v) is 7.12. The average molecular weight is 395 g/mol. The molecule has 1 aromatic heterocycles. The minimum atomic E-state index is -0.381. The van der Waals surface area contributed by atoms with E-state index >= 15 is 0 Å². The van der Waals surface area contributed by atoms with Crippen LogP contribution in [0.3, 0.4) is 0 Å². The zero-order chi connectivity index (χ0) is 19.9. The van der Waals surface area contributed by atoms with E-state index in [0.29, 0.717) is 17.4 Å². The number of aromatic nitrogens is 3. The summed E-state index contributed by atoms with van der Waals surface area (Å²) in [5.41, 5.74) is 7.94. The Bertz CT molecular complexity index is 972. The number of aryl methyl sites for hydroxylation is 1. The molecular formula is C20H21N5O2S. The fraction of sp³-hybridized carbons (Fsp3) is 0.200. The summed E-state index contributed by atoms with van der Waals surface area (Å²) in [6.07, 6.45) is 0.642. The van der Waals surface area contributed by atoms with E-state index in [-0.39, 0.29) is 24.0 Å². The third-order valence-corrected chi connectivity index (χ3v) is 5.16. The van der Waals surface area contributed by atoms with Gasteiger partial charge in [0.1, 0.15) is 5.82 Å². The Morgan fingerprint density at radius 2 is 1.79 bits per heavy atom. The van der Waals surface area contributed by atoms with Crippen molar-refractivity contribution in [3.05, 3.63) is 60.4 Å². The molecular weight excluding hydrogens is 374 g/mol. The number of hydrogen-bond acceptors (Lipinski definition) is 5. The van der Waals surface area contributed by atoms with Gasteiger partial charge in [-0.15, -0.1) is 10.2 Å². The van der Waals surface area contributed by atoms with Gasteiger partial charge < -0.3 is 15.6 Å². The fourth-order valence-corrected chi connectivity index (χ4v) is 3.43. The maximum absolute atomic E-state index is 12.5. The van der Waals surface area contributed by atoms with Gasteiger partial charge in [0.05, 0.1) is 5.75 Å². The first-order chi connectivity index (χ1) is 13.5. The molecule has 144 valence electrons. The van der Waals surface area contributed by atoms with Crippen LogP contribution >= 0.6 is 11.8 Å². The van der Waals surface area contributed by atoms with Crippen molar-refractivity contribution in [1.82, 2.24) is 14.8 Å². The predicted octanol–water partition coefficient (Wildman–Crippen LogP) is 2.63. The Kier molecular flexibility index (Phi) is 6.44. The van der Waals surface area contributed by atoms with Crippen molar-refractivity contribution in [2.24, 2.45) is 12.8 Å². The molecule has 0 atom stereocenters. The van der Waals surface area contributed by atoms with Gasteiger partial charge in [-0.05, 0) is 11.6 Å². The van der Waals surface area contributed by atoms with E-state index < -0.39 is 0 Å². The molecule has 0 unspecified atom stereocenters. The van der Waals surface area contributed by atoms with Crippen molar-refractivity contribution >= 4 is 29.3 Å². The van der Waals surface area contributed by atoms with Gasteiger partial charge >= 0.3 is 0 Å². The molecule has 0 fully saturated rings. The molecule has 0 bridgehead atoms. The van der Waals surface area contributed by atoms with E-state index in [1.807, 2.05) is 54.6 Å². The van der Waals surface area contributed by atoms with E-state index in [1.165, 1.54) is 11.8 Å². The van der Waals surface area contributed by atoms with E-state index in [2.05, 4.69) is 15.5 Å². The van der Waals surface area contributed by atoms with Crippen LogP contribution in [0.1, 0.15) is 12.2 Å². The molecule has 7 nitrogen and oxygen atoms in total. The van der Waals surface area contributed by atoms with E-state index in [9.17, 15) is 9.59 Å². The van der Waals surface area contributed by atoms with Gasteiger partial charge in [-0.25, -0.2) is 0 Å². The predicted molar refractivity (Wildman–Crippen MR) is 110 cm³/mol. The van der Waals surface area contributed by atoms with Crippen molar-refractivity contribution in [2.45, 2.75) is 18.0 Å². The number of primary amides is 1. The standard InChI is InChI=1S/C20H21N5O2S/c1-25-18(12-11-17(21)26)23-24-20(25)28-13-19(27)22-16-10-6-5-9-15(16)14-7-3-2-4-8-14/h2-10H,11-13H2,1H3,(H2,21,26)(H,22,27). The van der Waals surface area contributed by atoms with Crippen LogP contribution in [0.4, 0.5) is 5.69 Å². The third kappa shape index (κ3) is 4.98. The highest BCUT2D eigenvalue weighted by Crippen LogP contribution is 2.28. The van der Waals surface area contributed by atoms with Crippen LogP contribution in [0.2, 0.25) is 0 Å².